The lowest BCUT2D eigenvalue weighted by atomic mass is 10.2. The van der Waals surface area contributed by atoms with E-state index in [9.17, 15) is 20.2 Å². The Kier molecular flexibility index (Phi) is 6.04. The van der Waals surface area contributed by atoms with Gasteiger partial charge in [-0.2, -0.15) is 5.10 Å². The first-order valence-corrected chi connectivity index (χ1v) is 6.86. The fourth-order valence-electron chi connectivity index (χ4n) is 1.41. The number of anilines is 1. The van der Waals surface area contributed by atoms with Crippen molar-refractivity contribution in [1.82, 2.24) is 0 Å². The molecule has 0 radical (unpaired) electrons. The molecule has 0 aromatic heterocycles. The number of nitro benzene ring substituents is 2. The summed E-state index contributed by atoms with van der Waals surface area (Å²) in [6.45, 7) is 1.80. The van der Waals surface area contributed by atoms with E-state index in [1.807, 2.05) is 0 Å². The summed E-state index contributed by atoms with van der Waals surface area (Å²) in [5.74, 6) is 0. The molecule has 1 aromatic carbocycles. The number of nitro groups is 2. The smallest absolute Gasteiger partial charge is 0.272 e. The van der Waals surface area contributed by atoms with Gasteiger partial charge < -0.3 is 0 Å². The quantitative estimate of drug-likeness (QED) is 0.352. The second kappa shape index (κ2) is 7.53. The predicted molar refractivity (Wildman–Crippen MR) is 79.5 cm³/mol. The van der Waals surface area contributed by atoms with E-state index in [4.69, 9.17) is 0 Å². The minimum Gasteiger partial charge on any atom is -0.272 e. The summed E-state index contributed by atoms with van der Waals surface area (Å²) in [5, 5.41) is 26.4. The molecular weight excluding hydrogens is 332 g/mol. The van der Waals surface area contributed by atoms with Crippen molar-refractivity contribution in [3.05, 3.63) is 38.4 Å². The highest BCUT2D eigenvalue weighted by Gasteiger charge is 2.19. The van der Waals surface area contributed by atoms with Gasteiger partial charge in [-0.1, -0.05) is 15.9 Å². The lowest BCUT2D eigenvalue weighted by Crippen LogP contribution is -2.01. The highest BCUT2D eigenvalue weighted by atomic mass is 79.9. The van der Waals surface area contributed by atoms with Gasteiger partial charge in [0, 0.05) is 17.1 Å². The molecule has 108 valence electrons. The van der Waals surface area contributed by atoms with E-state index in [1.54, 1.807) is 6.92 Å². The van der Waals surface area contributed by atoms with Crippen LogP contribution in [0, 0.1) is 20.2 Å². The SMILES string of the molecule is C/C(CCCBr)=N\Nc1ccc([N+](=O)[O-])cc1[N+](=O)[O-]. The van der Waals surface area contributed by atoms with Gasteiger partial charge in [0.05, 0.1) is 15.9 Å². The van der Waals surface area contributed by atoms with Crippen molar-refractivity contribution < 1.29 is 9.85 Å². The Bertz CT molecular complexity index is 547. The fraction of sp³-hybridized carbons (Fsp3) is 0.364. The van der Waals surface area contributed by atoms with Crippen molar-refractivity contribution in [3.63, 3.8) is 0 Å². The standard InChI is InChI=1S/C11H13BrN4O4/c1-8(3-2-6-12)13-14-10-5-4-9(15(17)18)7-11(10)16(19)20/h4-5,7,14H,2-3,6H2,1H3/b13-8+. The van der Waals surface area contributed by atoms with Crippen LogP contribution >= 0.6 is 15.9 Å². The van der Waals surface area contributed by atoms with Gasteiger partial charge in [-0.05, 0) is 25.8 Å². The Balaban J connectivity index is 2.95. The molecular formula is C11H13BrN4O4. The van der Waals surface area contributed by atoms with E-state index in [1.165, 1.54) is 12.1 Å². The highest BCUT2D eigenvalue weighted by Crippen LogP contribution is 2.28. The lowest BCUT2D eigenvalue weighted by Gasteiger charge is -2.04. The van der Waals surface area contributed by atoms with E-state index in [0.717, 1.165) is 29.9 Å². The van der Waals surface area contributed by atoms with E-state index in [2.05, 4.69) is 26.5 Å². The van der Waals surface area contributed by atoms with Crippen molar-refractivity contribution in [2.75, 3.05) is 10.8 Å². The number of halogens is 1. The Morgan fingerprint density at radius 2 is 2.05 bits per heavy atom. The van der Waals surface area contributed by atoms with Gasteiger partial charge in [-0.3, -0.25) is 25.7 Å². The van der Waals surface area contributed by atoms with Gasteiger partial charge >= 0.3 is 5.69 Å². The maximum absolute atomic E-state index is 10.9. The molecule has 0 spiro atoms. The zero-order chi connectivity index (χ0) is 15.1. The number of hydrazone groups is 1. The number of nitrogens with one attached hydrogen (secondary N) is 1. The molecule has 0 aliphatic carbocycles. The van der Waals surface area contributed by atoms with Crippen LogP contribution < -0.4 is 5.43 Å². The second-order valence-electron chi connectivity index (χ2n) is 3.97. The molecule has 1 aromatic rings. The van der Waals surface area contributed by atoms with Crippen LogP contribution in [0.3, 0.4) is 0 Å². The number of non-ortho nitro benzene ring substituents is 1. The molecule has 0 heterocycles. The summed E-state index contributed by atoms with van der Waals surface area (Å²) < 4.78 is 0. The van der Waals surface area contributed by atoms with Crippen LogP contribution in [-0.2, 0) is 0 Å². The van der Waals surface area contributed by atoms with Crippen LogP contribution in [-0.4, -0.2) is 20.9 Å². The zero-order valence-corrected chi connectivity index (χ0v) is 12.3. The number of benzene rings is 1. The summed E-state index contributed by atoms with van der Waals surface area (Å²) in [4.78, 5) is 20.1. The minimum absolute atomic E-state index is 0.124. The molecule has 0 bridgehead atoms. The monoisotopic (exact) mass is 344 g/mol. The molecule has 0 amide bonds. The normalized spacial score (nSPS) is 11.2. The van der Waals surface area contributed by atoms with Gasteiger partial charge in [-0.15, -0.1) is 0 Å². The predicted octanol–water partition coefficient (Wildman–Crippen LogP) is 3.47. The molecule has 1 N–H and O–H groups in total. The third-order valence-electron chi connectivity index (χ3n) is 2.43. The first-order valence-electron chi connectivity index (χ1n) is 5.73. The van der Waals surface area contributed by atoms with Crippen molar-refractivity contribution in [3.8, 4) is 0 Å². The Morgan fingerprint density at radius 1 is 1.35 bits per heavy atom. The highest BCUT2D eigenvalue weighted by molar-refractivity contribution is 9.09. The van der Waals surface area contributed by atoms with Gasteiger partial charge in [0.25, 0.3) is 5.69 Å². The molecule has 9 heteroatoms. The summed E-state index contributed by atoms with van der Waals surface area (Å²) in [7, 11) is 0. The summed E-state index contributed by atoms with van der Waals surface area (Å²) in [6, 6.07) is 3.38. The Morgan fingerprint density at radius 3 is 2.60 bits per heavy atom. The number of hydrogen-bond donors (Lipinski definition) is 1. The molecule has 0 aliphatic rings. The Labute approximate surface area is 123 Å². The average molecular weight is 345 g/mol. The van der Waals surface area contributed by atoms with Gasteiger partial charge in [-0.25, -0.2) is 0 Å². The van der Waals surface area contributed by atoms with E-state index in [-0.39, 0.29) is 17.1 Å². The molecule has 8 nitrogen and oxygen atoms in total. The fourth-order valence-corrected chi connectivity index (χ4v) is 1.69. The molecule has 0 saturated heterocycles. The largest absolute Gasteiger partial charge is 0.301 e. The van der Waals surface area contributed by atoms with E-state index < -0.39 is 9.85 Å². The minimum atomic E-state index is -0.682. The molecule has 0 atom stereocenters. The molecule has 0 unspecified atom stereocenters. The third kappa shape index (κ3) is 4.57. The zero-order valence-electron chi connectivity index (χ0n) is 10.7. The first kappa shape index (κ1) is 16.0. The summed E-state index contributed by atoms with van der Waals surface area (Å²) in [6.07, 6.45) is 1.65. The maximum atomic E-state index is 10.9. The van der Waals surface area contributed by atoms with Crippen molar-refractivity contribution in [2.24, 2.45) is 5.10 Å². The number of hydrogen-bond acceptors (Lipinski definition) is 6. The van der Waals surface area contributed by atoms with Crippen molar-refractivity contribution >= 4 is 38.7 Å². The topological polar surface area (TPSA) is 111 Å². The van der Waals surface area contributed by atoms with Gasteiger partial charge in [0.2, 0.25) is 0 Å². The van der Waals surface area contributed by atoms with Gasteiger partial charge in [0.15, 0.2) is 0 Å². The summed E-state index contributed by atoms with van der Waals surface area (Å²) in [5.41, 5.74) is 2.78. The molecule has 0 saturated carbocycles. The van der Waals surface area contributed by atoms with Crippen LogP contribution in [0.1, 0.15) is 19.8 Å². The maximum Gasteiger partial charge on any atom is 0.301 e. The molecule has 20 heavy (non-hydrogen) atoms. The molecule has 1 rings (SSSR count). The van der Waals surface area contributed by atoms with Crippen LogP contribution in [0.25, 0.3) is 0 Å². The van der Waals surface area contributed by atoms with Crippen molar-refractivity contribution in [2.45, 2.75) is 19.8 Å². The van der Waals surface area contributed by atoms with Crippen LogP contribution in [0.5, 0.6) is 0 Å². The van der Waals surface area contributed by atoms with Crippen LogP contribution in [0.15, 0.2) is 23.3 Å². The molecule has 0 fully saturated rings. The van der Waals surface area contributed by atoms with Gasteiger partial charge in [0.1, 0.15) is 5.69 Å². The summed E-state index contributed by atoms with van der Waals surface area (Å²) >= 11 is 3.30. The lowest BCUT2D eigenvalue weighted by molar-refractivity contribution is -0.393. The number of nitrogens with zero attached hydrogens (tertiary/aromatic N) is 3. The van der Waals surface area contributed by atoms with Crippen LogP contribution in [0.4, 0.5) is 17.1 Å². The van der Waals surface area contributed by atoms with E-state index in [0.29, 0.717) is 0 Å². The molecule has 0 aliphatic heterocycles. The van der Waals surface area contributed by atoms with Crippen LogP contribution in [0.2, 0.25) is 0 Å². The van der Waals surface area contributed by atoms with Crippen molar-refractivity contribution in [1.29, 1.82) is 0 Å². The number of rotatable bonds is 7. The Hall–Kier alpha value is -2.03. The first-order chi connectivity index (χ1) is 9.45. The number of alkyl halides is 1. The average Bonchev–Trinajstić information content (AvgIpc) is 2.42. The van der Waals surface area contributed by atoms with E-state index >= 15 is 0 Å². The third-order valence-corrected chi connectivity index (χ3v) is 2.99. The second-order valence-corrected chi connectivity index (χ2v) is 4.76.